The zero-order valence-electron chi connectivity index (χ0n) is 17.0. The average molecular weight is 442 g/mol. The third-order valence-electron chi connectivity index (χ3n) is 6.14. The van der Waals surface area contributed by atoms with Crippen molar-refractivity contribution in [3.8, 4) is 5.75 Å². The lowest BCUT2D eigenvalue weighted by molar-refractivity contribution is -0.118. The molecule has 0 spiro atoms. The molecule has 5 rings (SSSR count). The molecule has 0 aliphatic carbocycles. The Hall–Kier alpha value is -3.06. The molecule has 2 amide bonds. The summed E-state index contributed by atoms with van der Waals surface area (Å²) in [6.45, 7) is 1.23. The molecule has 160 valence electrons. The van der Waals surface area contributed by atoms with Crippen LogP contribution in [-0.4, -0.2) is 41.0 Å². The lowest BCUT2D eigenvalue weighted by atomic mass is 9.89. The number of nitrogens with one attached hydrogen (secondary N) is 1. The number of rotatable bonds is 2. The molecule has 0 radical (unpaired) electrons. The van der Waals surface area contributed by atoms with E-state index in [-0.39, 0.29) is 29.4 Å². The SMILES string of the molecule is Cn1cc(C2CCN(C(=O)c3ccc4c(c3)NC(=O)CO4)CC2)c2cc(Cl)c(F)cc21. The van der Waals surface area contributed by atoms with E-state index >= 15 is 0 Å². The first kappa shape index (κ1) is 19.9. The molecule has 0 atom stereocenters. The van der Waals surface area contributed by atoms with E-state index in [4.69, 9.17) is 16.3 Å². The van der Waals surface area contributed by atoms with Crippen LogP contribution in [0.4, 0.5) is 10.1 Å². The molecule has 2 aliphatic rings. The van der Waals surface area contributed by atoms with Gasteiger partial charge in [-0.15, -0.1) is 0 Å². The van der Waals surface area contributed by atoms with Gasteiger partial charge >= 0.3 is 0 Å². The molecule has 1 aromatic heterocycles. The van der Waals surface area contributed by atoms with Crippen LogP contribution in [0.15, 0.2) is 36.5 Å². The lowest BCUT2D eigenvalue weighted by Crippen LogP contribution is -2.38. The number of nitrogens with zero attached hydrogens (tertiary/aromatic N) is 2. The summed E-state index contributed by atoms with van der Waals surface area (Å²) in [5.41, 5.74) is 3.00. The van der Waals surface area contributed by atoms with Crippen LogP contribution in [0.3, 0.4) is 0 Å². The van der Waals surface area contributed by atoms with Crippen molar-refractivity contribution < 1.29 is 18.7 Å². The van der Waals surface area contributed by atoms with Crippen LogP contribution in [0.5, 0.6) is 5.75 Å². The topological polar surface area (TPSA) is 63.6 Å². The minimum Gasteiger partial charge on any atom is -0.482 e. The maximum absolute atomic E-state index is 13.9. The predicted octanol–water partition coefficient (Wildman–Crippen LogP) is 4.32. The molecule has 3 aromatic rings. The maximum Gasteiger partial charge on any atom is 0.262 e. The van der Waals surface area contributed by atoms with Gasteiger partial charge in [-0.05, 0) is 54.7 Å². The van der Waals surface area contributed by atoms with Gasteiger partial charge in [0, 0.05) is 37.3 Å². The minimum atomic E-state index is -0.422. The third kappa shape index (κ3) is 3.53. The molecule has 2 aliphatic heterocycles. The third-order valence-corrected chi connectivity index (χ3v) is 6.43. The Kier molecular flexibility index (Phi) is 4.85. The van der Waals surface area contributed by atoms with E-state index < -0.39 is 5.82 Å². The number of piperidine rings is 1. The van der Waals surface area contributed by atoms with E-state index in [0.29, 0.717) is 30.1 Å². The molecular formula is C23H21ClFN3O3. The summed E-state index contributed by atoms with van der Waals surface area (Å²) in [6, 6.07) is 8.28. The highest BCUT2D eigenvalue weighted by Crippen LogP contribution is 2.37. The molecule has 6 nitrogen and oxygen atoms in total. The maximum atomic E-state index is 13.9. The van der Waals surface area contributed by atoms with E-state index in [1.807, 2.05) is 22.7 Å². The Balaban J connectivity index is 1.32. The predicted molar refractivity (Wildman–Crippen MR) is 116 cm³/mol. The molecular weight excluding hydrogens is 421 g/mol. The van der Waals surface area contributed by atoms with Gasteiger partial charge in [0.25, 0.3) is 11.8 Å². The number of aromatic nitrogens is 1. The normalized spacial score (nSPS) is 16.7. The van der Waals surface area contributed by atoms with Gasteiger partial charge in [-0.3, -0.25) is 9.59 Å². The average Bonchev–Trinajstić information content (AvgIpc) is 3.08. The smallest absolute Gasteiger partial charge is 0.262 e. The number of amides is 2. The standard InChI is InChI=1S/C23H21ClFN3O3/c1-27-11-16(15-9-17(24)18(25)10-20(15)27)13-4-6-28(7-5-13)23(30)14-2-3-21-19(8-14)26-22(29)12-31-21/h2-3,8-11,13H,4-7,12H2,1H3,(H,26,29). The van der Waals surface area contributed by atoms with Crippen LogP contribution in [0, 0.1) is 5.82 Å². The Labute approximate surface area is 183 Å². The summed E-state index contributed by atoms with van der Waals surface area (Å²) < 4.78 is 21.2. The van der Waals surface area contributed by atoms with Crippen LogP contribution < -0.4 is 10.1 Å². The fourth-order valence-corrected chi connectivity index (χ4v) is 4.69. The lowest BCUT2D eigenvalue weighted by Gasteiger charge is -2.32. The Morgan fingerprint density at radius 1 is 1.23 bits per heavy atom. The van der Waals surface area contributed by atoms with Crippen molar-refractivity contribution in [3.05, 3.63) is 58.5 Å². The van der Waals surface area contributed by atoms with E-state index in [1.165, 1.54) is 6.07 Å². The van der Waals surface area contributed by atoms with Crippen LogP contribution in [0.25, 0.3) is 10.9 Å². The number of anilines is 1. The molecule has 2 aromatic carbocycles. The quantitative estimate of drug-likeness (QED) is 0.644. The molecule has 0 unspecified atom stereocenters. The molecule has 0 bridgehead atoms. The zero-order chi connectivity index (χ0) is 21.7. The van der Waals surface area contributed by atoms with Crippen LogP contribution in [-0.2, 0) is 11.8 Å². The highest BCUT2D eigenvalue weighted by molar-refractivity contribution is 6.31. The van der Waals surface area contributed by atoms with Crippen molar-refractivity contribution in [2.45, 2.75) is 18.8 Å². The summed E-state index contributed by atoms with van der Waals surface area (Å²) in [7, 11) is 1.90. The Bertz CT molecular complexity index is 1210. The first-order valence-electron chi connectivity index (χ1n) is 10.2. The molecule has 1 N–H and O–H groups in total. The van der Waals surface area contributed by atoms with Gasteiger partial charge < -0.3 is 19.5 Å². The summed E-state index contributed by atoms with van der Waals surface area (Å²) in [5.74, 6) is 0.123. The Morgan fingerprint density at radius 2 is 2.00 bits per heavy atom. The fourth-order valence-electron chi connectivity index (χ4n) is 4.52. The van der Waals surface area contributed by atoms with Gasteiger partial charge in [0.1, 0.15) is 11.6 Å². The number of likely N-dealkylation sites (tertiary alicyclic amines) is 1. The second-order valence-electron chi connectivity index (χ2n) is 8.09. The summed E-state index contributed by atoms with van der Waals surface area (Å²) in [6.07, 6.45) is 3.66. The fraction of sp³-hybridized carbons (Fsp3) is 0.304. The highest BCUT2D eigenvalue weighted by Gasteiger charge is 2.28. The van der Waals surface area contributed by atoms with Gasteiger partial charge in [-0.1, -0.05) is 11.6 Å². The summed E-state index contributed by atoms with van der Waals surface area (Å²) in [5, 5.41) is 3.82. The monoisotopic (exact) mass is 441 g/mol. The molecule has 1 fully saturated rings. The number of hydrogen-bond acceptors (Lipinski definition) is 3. The number of carbonyl (C=O) groups excluding carboxylic acids is 2. The van der Waals surface area contributed by atoms with Crippen molar-refractivity contribution in [2.75, 3.05) is 25.0 Å². The number of ether oxygens (including phenoxy) is 1. The molecule has 0 saturated carbocycles. The highest BCUT2D eigenvalue weighted by atomic mass is 35.5. The Morgan fingerprint density at radius 3 is 2.77 bits per heavy atom. The number of fused-ring (bicyclic) bond motifs is 2. The number of carbonyl (C=O) groups is 2. The second kappa shape index (κ2) is 7.57. The van der Waals surface area contributed by atoms with Gasteiger partial charge in [0.15, 0.2) is 6.61 Å². The summed E-state index contributed by atoms with van der Waals surface area (Å²) >= 11 is 6.03. The molecule has 3 heterocycles. The van der Waals surface area contributed by atoms with Gasteiger partial charge in [-0.25, -0.2) is 4.39 Å². The number of benzene rings is 2. The van der Waals surface area contributed by atoms with Crippen LogP contribution >= 0.6 is 11.6 Å². The number of hydrogen-bond donors (Lipinski definition) is 1. The summed E-state index contributed by atoms with van der Waals surface area (Å²) in [4.78, 5) is 26.4. The van der Waals surface area contributed by atoms with Crippen molar-refractivity contribution >= 4 is 40.0 Å². The van der Waals surface area contributed by atoms with Crippen molar-refractivity contribution in [1.29, 1.82) is 0 Å². The van der Waals surface area contributed by atoms with Crippen molar-refractivity contribution in [1.82, 2.24) is 9.47 Å². The van der Waals surface area contributed by atoms with E-state index in [2.05, 4.69) is 5.32 Å². The van der Waals surface area contributed by atoms with Gasteiger partial charge in [-0.2, -0.15) is 0 Å². The van der Waals surface area contributed by atoms with E-state index in [9.17, 15) is 14.0 Å². The second-order valence-corrected chi connectivity index (χ2v) is 8.50. The first-order chi connectivity index (χ1) is 14.9. The zero-order valence-corrected chi connectivity index (χ0v) is 17.7. The van der Waals surface area contributed by atoms with Gasteiger partial charge in [0.05, 0.1) is 16.2 Å². The number of halogens is 2. The van der Waals surface area contributed by atoms with Crippen LogP contribution in [0.2, 0.25) is 5.02 Å². The van der Waals surface area contributed by atoms with Crippen LogP contribution in [0.1, 0.15) is 34.7 Å². The van der Waals surface area contributed by atoms with Crippen molar-refractivity contribution in [2.24, 2.45) is 7.05 Å². The molecule has 8 heteroatoms. The van der Waals surface area contributed by atoms with E-state index in [0.717, 1.165) is 29.3 Å². The van der Waals surface area contributed by atoms with Gasteiger partial charge in [0.2, 0.25) is 0 Å². The molecule has 31 heavy (non-hydrogen) atoms. The largest absolute Gasteiger partial charge is 0.482 e. The van der Waals surface area contributed by atoms with E-state index in [1.54, 1.807) is 24.3 Å². The first-order valence-corrected chi connectivity index (χ1v) is 10.6. The molecule has 1 saturated heterocycles. The minimum absolute atomic E-state index is 0.0141. The van der Waals surface area contributed by atoms with Crippen molar-refractivity contribution in [3.63, 3.8) is 0 Å². The number of aryl methyl sites for hydroxylation is 1.